The second-order valence-corrected chi connectivity index (χ2v) is 6.15. The van der Waals surface area contributed by atoms with Crippen molar-refractivity contribution in [2.24, 2.45) is 0 Å². The van der Waals surface area contributed by atoms with Gasteiger partial charge in [0.2, 0.25) is 5.91 Å². The van der Waals surface area contributed by atoms with Crippen LogP contribution in [0.25, 0.3) is 0 Å². The van der Waals surface area contributed by atoms with E-state index in [0.29, 0.717) is 30.2 Å². The van der Waals surface area contributed by atoms with Gasteiger partial charge < -0.3 is 20.3 Å². The van der Waals surface area contributed by atoms with Crippen LogP contribution in [0.4, 0.5) is 16.2 Å². The van der Waals surface area contributed by atoms with Gasteiger partial charge in [-0.1, -0.05) is 6.07 Å². The van der Waals surface area contributed by atoms with Gasteiger partial charge in [-0.05, 0) is 36.6 Å². The number of carbonyl (C=O) groups is 2. The number of amides is 3. The first kappa shape index (κ1) is 17.8. The van der Waals surface area contributed by atoms with Crippen molar-refractivity contribution in [3.63, 3.8) is 0 Å². The summed E-state index contributed by atoms with van der Waals surface area (Å²) in [6.07, 6.45) is 0. The van der Waals surface area contributed by atoms with Crippen molar-refractivity contribution in [1.29, 1.82) is 0 Å². The van der Waals surface area contributed by atoms with Gasteiger partial charge in [0.15, 0.2) is 0 Å². The molecule has 0 aliphatic rings. The fraction of sp³-hybridized carbons (Fsp3) is 0.294. The van der Waals surface area contributed by atoms with Gasteiger partial charge in [-0.25, -0.2) is 4.79 Å². The molecule has 6 nitrogen and oxygen atoms in total. The standard InChI is InChI=1S/C17H21N3O3S/c1-4-20(11-14-6-5-9-24-14)17(22)19-15-10-13(18-12(2)21)7-8-16(15)23-3/h5-10H,4,11H2,1-3H3,(H,18,21)(H,19,22). The minimum absolute atomic E-state index is 0.176. The van der Waals surface area contributed by atoms with Crippen molar-refractivity contribution < 1.29 is 14.3 Å². The summed E-state index contributed by atoms with van der Waals surface area (Å²) in [6.45, 7) is 4.49. The second kappa shape index (κ2) is 8.35. The Morgan fingerprint density at radius 3 is 2.62 bits per heavy atom. The number of anilines is 2. The summed E-state index contributed by atoms with van der Waals surface area (Å²) in [5.74, 6) is 0.356. The Bertz CT molecular complexity index is 701. The molecule has 2 aromatic rings. The molecule has 0 fully saturated rings. The lowest BCUT2D eigenvalue weighted by Crippen LogP contribution is -2.34. The molecule has 0 saturated carbocycles. The first-order valence-corrected chi connectivity index (χ1v) is 8.45. The molecule has 1 aromatic carbocycles. The highest BCUT2D eigenvalue weighted by Crippen LogP contribution is 2.28. The van der Waals surface area contributed by atoms with Crippen LogP contribution in [0, 0.1) is 0 Å². The number of benzene rings is 1. The number of thiophene rings is 1. The molecule has 0 unspecified atom stereocenters. The summed E-state index contributed by atoms with van der Waals surface area (Å²) in [5, 5.41) is 7.53. The molecule has 7 heteroatoms. The molecule has 2 rings (SSSR count). The molecule has 3 amide bonds. The van der Waals surface area contributed by atoms with Crippen molar-refractivity contribution in [3.05, 3.63) is 40.6 Å². The zero-order chi connectivity index (χ0) is 17.5. The number of ether oxygens (including phenoxy) is 1. The number of methoxy groups -OCH3 is 1. The van der Waals surface area contributed by atoms with E-state index < -0.39 is 0 Å². The molecule has 0 saturated heterocycles. The Balaban J connectivity index is 2.14. The predicted molar refractivity (Wildman–Crippen MR) is 96.7 cm³/mol. The first-order chi connectivity index (χ1) is 11.5. The number of rotatable bonds is 6. The van der Waals surface area contributed by atoms with Gasteiger partial charge in [-0.3, -0.25) is 4.79 Å². The molecule has 1 heterocycles. The Kier molecular flexibility index (Phi) is 6.20. The van der Waals surface area contributed by atoms with Gasteiger partial charge in [-0.15, -0.1) is 11.3 Å². The van der Waals surface area contributed by atoms with Gasteiger partial charge in [0.25, 0.3) is 0 Å². The maximum Gasteiger partial charge on any atom is 0.322 e. The van der Waals surface area contributed by atoms with E-state index in [9.17, 15) is 9.59 Å². The lowest BCUT2D eigenvalue weighted by Gasteiger charge is -2.21. The average Bonchev–Trinajstić information content (AvgIpc) is 3.05. The maximum atomic E-state index is 12.5. The SMILES string of the molecule is CCN(Cc1cccs1)C(=O)Nc1cc(NC(C)=O)ccc1OC. The van der Waals surface area contributed by atoms with Crippen molar-refractivity contribution in [2.75, 3.05) is 24.3 Å². The van der Waals surface area contributed by atoms with Crippen molar-refractivity contribution in [2.45, 2.75) is 20.4 Å². The number of nitrogens with one attached hydrogen (secondary N) is 2. The van der Waals surface area contributed by atoms with Crippen LogP contribution in [0.3, 0.4) is 0 Å². The average molecular weight is 347 g/mol. The van der Waals surface area contributed by atoms with Gasteiger partial charge >= 0.3 is 6.03 Å². The quantitative estimate of drug-likeness (QED) is 0.835. The lowest BCUT2D eigenvalue weighted by molar-refractivity contribution is -0.114. The summed E-state index contributed by atoms with van der Waals surface area (Å²) in [4.78, 5) is 26.6. The van der Waals surface area contributed by atoms with E-state index in [1.54, 1.807) is 34.4 Å². The highest BCUT2D eigenvalue weighted by atomic mass is 32.1. The Labute approximate surface area is 145 Å². The normalized spacial score (nSPS) is 10.1. The third-order valence-corrected chi connectivity index (χ3v) is 4.22. The van der Waals surface area contributed by atoms with Crippen LogP contribution in [-0.4, -0.2) is 30.5 Å². The topological polar surface area (TPSA) is 70.7 Å². The van der Waals surface area contributed by atoms with Crippen LogP contribution in [0.2, 0.25) is 0 Å². The summed E-state index contributed by atoms with van der Waals surface area (Å²) in [5.41, 5.74) is 1.11. The molecule has 0 spiro atoms. The molecule has 24 heavy (non-hydrogen) atoms. The van der Waals surface area contributed by atoms with Gasteiger partial charge in [-0.2, -0.15) is 0 Å². The van der Waals surface area contributed by atoms with Crippen molar-refractivity contribution in [1.82, 2.24) is 4.90 Å². The van der Waals surface area contributed by atoms with Crippen LogP contribution in [0.5, 0.6) is 5.75 Å². The molecule has 2 N–H and O–H groups in total. The van der Waals surface area contributed by atoms with E-state index in [1.165, 1.54) is 14.0 Å². The Hall–Kier alpha value is -2.54. The molecular weight excluding hydrogens is 326 g/mol. The summed E-state index contributed by atoms with van der Waals surface area (Å²) < 4.78 is 5.28. The maximum absolute atomic E-state index is 12.5. The third kappa shape index (κ3) is 4.73. The number of carbonyl (C=O) groups excluding carboxylic acids is 2. The van der Waals surface area contributed by atoms with E-state index in [1.807, 2.05) is 24.4 Å². The molecule has 0 atom stereocenters. The number of urea groups is 1. The number of hydrogen-bond donors (Lipinski definition) is 2. The predicted octanol–water partition coefficient (Wildman–Crippen LogP) is 3.77. The van der Waals surface area contributed by atoms with Gasteiger partial charge in [0.05, 0.1) is 19.3 Å². The summed E-state index contributed by atoms with van der Waals surface area (Å²) in [7, 11) is 1.53. The first-order valence-electron chi connectivity index (χ1n) is 7.57. The monoisotopic (exact) mass is 347 g/mol. The van der Waals surface area contributed by atoms with Gasteiger partial charge in [0, 0.05) is 24.0 Å². The number of nitrogens with zero attached hydrogens (tertiary/aromatic N) is 1. The lowest BCUT2D eigenvalue weighted by atomic mass is 10.2. The van der Waals surface area contributed by atoms with E-state index in [2.05, 4.69) is 10.6 Å². The van der Waals surface area contributed by atoms with E-state index >= 15 is 0 Å². The van der Waals surface area contributed by atoms with E-state index in [-0.39, 0.29) is 11.9 Å². The molecule has 128 valence electrons. The Morgan fingerprint density at radius 2 is 2.04 bits per heavy atom. The van der Waals surface area contributed by atoms with Crippen LogP contribution in [0.1, 0.15) is 18.7 Å². The highest BCUT2D eigenvalue weighted by Gasteiger charge is 2.15. The largest absolute Gasteiger partial charge is 0.495 e. The minimum atomic E-state index is -0.218. The van der Waals surface area contributed by atoms with Crippen LogP contribution < -0.4 is 15.4 Å². The fourth-order valence-corrected chi connectivity index (χ4v) is 2.92. The van der Waals surface area contributed by atoms with Crippen molar-refractivity contribution in [3.8, 4) is 5.75 Å². The molecule has 0 aliphatic heterocycles. The minimum Gasteiger partial charge on any atom is -0.495 e. The van der Waals surface area contributed by atoms with Crippen LogP contribution in [-0.2, 0) is 11.3 Å². The molecule has 1 aromatic heterocycles. The van der Waals surface area contributed by atoms with Crippen molar-refractivity contribution >= 4 is 34.6 Å². The molecule has 0 radical (unpaired) electrons. The van der Waals surface area contributed by atoms with Crippen LogP contribution in [0.15, 0.2) is 35.7 Å². The molecule has 0 aliphatic carbocycles. The van der Waals surface area contributed by atoms with E-state index in [4.69, 9.17) is 4.74 Å². The Morgan fingerprint density at radius 1 is 1.25 bits per heavy atom. The summed E-state index contributed by atoms with van der Waals surface area (Å²) in [6, 6.07) is 8.85. The second-order valence-electron chi connectivity index (χ2n) is 5.12. The smallest absolute Gasteiger partial charge is 0.322 e. The molecule has 0 bridgehead atoms. The molecular formula is C17H21N3O3S. The zero-order valence-electron chi connectivity index (χ0n) is 14.0. The highest BCUT2D eigenvalue weighted by molar-refractivity contribution is 7.09. The summed E-state index contributed by atoms with van der Waals surface area (Å²) >= 11 is 1.61. The fourth-order valence-electron chi connectivity index (χ4n) is 2.20. The third-order valence-electron chi connectivity index (χ3n) is 3.36. The van der Waals surface area contributed by atoms with E-state index in [0.717, 1.165) is 4.88 Å². The number of hydrogen-bond acceptors (Lipinski definition) is 4. The zero-order valence-corrected chi connectivity index (χ0v) is 14.8. The van der Waals surface area contributed by atoms with Gasteiger partial charge in [0.1, 0.15) is 5.75 Å². The van der Waals surface area contributed by atoms with Crippen LogP contribution >= 0.6 is 11.3 Å².